The van der Waals surface area contributed by atoms with Gasteiger partial charge in [0.25, 0.3) is 0 Å². The van der Waals surface area contributed by atoms with Gasteiger partial charge in [0.1, 0.15) is 39.2 Å². The molecule has 176 valence electrons. The van der Waals surface area contributed by atoms with Crippen LogP contribution in [0.4, 0.5) is 0 Å². The van der Waals surface area contributed by atoms with E-state index < -0.39 is 7.14 Å². The Balaban J connectivity index is 1.71. The zero-order valence-electron chi connectivity index (χ0n) is 22.5. The molecule has 1 atom stereocenters. The van der Waals surface area contributed by atoms with E-state index in [4.69, 9.17) is 0 Å². The average Bonchev–Trinajstić information content (AvgIpc) is 3.42. The second-order valence-corrected chi connectivity index (χ2v) is 13.3. The molecule has 0 amide bonds. The summed E-state index contributed by atoms with van der Waals surface area (Å²) >= 11 is 0. The highest BCUT2D eigenvalue weighted by Crippen LogP contribution is 2.54. The molecular weight excluding hydrogens is 475 g/mol. The number of benzene rings is 5. The van der Waals surface area contributed by atoms with E-state index in [1.54, 1.807) is 0 Å². The van der Waals surface area contributed by atoms with Gasteiger partial charge in [-0.1, -0.05) is 101 Å². The van der Waals surface area contributed by atoms with E-state index in [0.717, 1.165) is 48.8 Å². The summed E-state index contributed by atoms with van der Waals surface area (Å²) < 4.78 is 18.0. The van der Waals surface area contributed by atoms with Crippen LogP contribution in [0.2, 0.25) is 0 Å². The molecule has 0 fully saturated rings. The minimum Gasteiger partial charge on any atom is -0.310 e. The van der Waals surface area contributed by atoms with Crippen LogP contribution in [0.1, 0.15) is 0 Å². The Hall–Kier alpha value is -3.55. The normalized spacial score (nSPS) is 16.1. The highest BCUT2D eigenvalue weighted by atomic mass is 31.2. The van der Waals surface area contributed by atoms with Crippen molar-refractivity contribution in [2.75, 3.05) is 0 Å². The molecule has 38 heavy (non-hydrogen) atoms. The van der Waals surface area contributed by atoms with Gasteiger partial charge in [0.05, 0.1) is 11.0 Å². The molecule has 0 spiro atoms. The third-order valence-corrected chi connectivity index (χ3v) is 12.2. The average molecular weight is 501 g/mol. The Labute approximate surface area is 227 Å². The number of fused-ring (bicyclic) bond motifs is 7. The molecule has 0 bridgehead atoms. The van der Waals surface area contributed by atoms with Crippen molar-refractivity contribution in [1.29, 1.82) is 0 Å². The molecular formula is C30H25B5NOP. The molecule has 2 heterocycles. The van der Waals surface area contributed by atoms with Gasteiger partial charge in [0.15, 0.2) is 7.14 Å². The Morgan fingerprint density at radius 2 is 1.16 bits per heavy atom. The Morgan fingerprint density at radius 3 is 1.89 bits per heavy atom. The van der Waals surface area contributed by atoms with Gasteiger partial charge in [0, 0.05) is 32.4 Å². The van der Waals surface area contributed by atoms with Crippen LogP contribution in [0.15, 0.2) is 91.0 Å². The maximum absolute atomic E-state index is 15.5. The van der Waals surface area contributed by atoms with Gasteiger partial charge in [-0.05, 0) is 23.3 Å². The van der Waals surface area contributed by atoms with E-state index in [1.807, 2.05) is 36.4 Å². The molecule has 0 N–H and O–H groups in total. The number of nitrogens with zero attached hydrogens (tertiary/aromatic N) is 1. The smallest absolute Gasteiger partial charge is 0.172 e. The zero-order valence-corrected chi connectivity index (χ0v) is 23.4. The number of hydrogen-bond acceptors (Lipinski definition) is 1. The lowest BCUT2D eigenvalue weighted by atomic mass is 9.61. The summed E-state index contributed by atoms with van der Waals surface area (Å²) in [5.41, 5.74) is 12.3. The van der Waals surface area contributed by atoms with E-state index in [0.29, 0.717) is 0 Å². The summed E-state index contributed by atoms with van der Waals surface area (Å²) in [6, 6.07) is 31.4. The van der Waals surface area contributed by atoms with Gasteiger partial charge in [-0.2, -0.15) is 0 Å². The minimum atomic E-state index is -3.09. The number of para-hydroxylation sites is 1. The molecule has 0 saturated heterocycles. The topological polar surface area (TPSA) is 22.0 Å². The number of aromatic nitrogens is 1. The van der Waals surface area contributed by atoms with Crippen molar-refractivity contribution in [3.8, 4) is 16.8 Å². The summed E-state index contributed by atoms with van der Waals surface area (Å²) in [5.74, 6) is 0. The molecule has 5 aromatic carbocycles. The van der Waals surface area contributed by atoms with Gasteiger partial charge < -0.3 is 9.13 Å². The molecule has 1 aliphatic heterocycles. The second-order valence-electron chi connectivity index (χ2n) is 10.6. The van der Waals surface area contributed by atoms with Crippen LogP contribution < -0.4 is 43.2 Å². The van der Waals surface area contributed by atoms with Crippen molar-refractivity contribution >= 4 is 111 Å². The first-order chi connectivity index (χ1) is 18.4. The standard InChI is InChI=1S/C30H25B5NOP/c31-24-25(32)27(34)29(28(35)26(24)33)36-20-12-6-4-11-19(20)23-21(36)15-14-18-17-10-5-7-13-22(17)38(37,30(18)23)16-8-2-1-3-9-16/h1-15H,31-35H2. The van der Waals surface area contributed by atoms with E-state index >= 15 is 4.57 Å². The van der Waals surface area contributed by atoms with Crippen LogP contribution >= 0.6 is 7.14 Å². The van der Waals surface area contributed by atoms with Crippen LogP contribution in [0.3, 0.4) is 0 Å². The van der Waals surface area contributed by atoms with Crippen molar-refractivity contribution in [3.63, 3.8) is 0 Å². The highest BCUT2D eigenvalue weighted by molar-refractivity contribution is 7.86. The van der Waals surface area contributed by atoms with Gasteiger partial charge >= 0.3 is 0 Å². The van der Waals surface area contributed by atoms with Gasteiger partial charge in [-0.25, -0.2) is 0 Å². The van der Waals surface area contributed by atoms with Gasteiger partial charge in [0.2, 0.25) is 0 Å². The van der Waals surface area contributed by atoms with Gasteiger partial charge in [-0.15, -0.1) is 5.46 Å². The molecule has 0 saturated carbocycles. The predicted octanol–water partition coefficient (Wildman–Crippen LogP) is -2.30. The molecule has 7 rings (SSSR count). The Bertz CT molecular complexity index is 1990. The third-order valence-electron chi connectivity index (χ3n) is 8.96. The Morgan fingerprint density at radius 1 is 0.553 bits per heavy atom. The summed E-state index contributed by atoms with van der Waals surface area (Å²) in [5, 5.41) is 5.08. The lowest BCUT2D eigenvalue weighted by Gasteiger charge is -2.22. The van der Waals surface area contributed by atoms with E-state index in [1.165, 1.54) is 33.0 Å². The van der Waals surface area contributed by atoms with Crippen LogP contribution in [0, 0.1) is 0 Å². The van der Waals surface area contributed by atoms with Crippen molar-refractivity contribution in [1.82, 2.24) is 4.57 Å². The van der Waals surface area contributed by atoms with E-state index in [9.17, 15) is 0 Å². The van der Waals surface area contributed by atoms with E-state index in [2.05, 4.69) is 98.4 Å². The summed E-state index contributed by atoms with van der Waals surface area (Å²) in [4.78, 5) is 0. The molecule has 1 aliphatic rings. The van der Waals surface area contributed by atoms with Crippen LogP contribution in [0.25, 0.3) is 38.6 Å². The molecule has 0 aliphatic carbocycles. The van der Waals surface area contributed by atoms with Crippen molar-refractivity contribution < 1.29 is 4.57 Å². The minimum absolute atomic E-state index is 0.893. The lowest BCUT2D eigenvalue weighted by Crippen LogP contribution is -2.56. The maximum atomic E-state index is 15.5. The maximum Gasteiger partial charge on any atom is 0.172 e. The fourth-order valence-electron chi connectivity index (χ4n) is 6.65. The van der Waals surface area contributed by atoms with Crippen LogP contribution in [-0.4, -0.2) is 43.8 Å². The first kappa shape index (κ1) is 23.6. The number of rotatable bonds is 2. The molecule has 6 aromatic rings. The first-order valence-electron chi connectivity index (χ1n) is 13.3. The molecule has 1 unspecified atom stereocenters. The fraction of sp³-hybridized carbons (Fsp3) is 0. The third kappa shape index (κ3) is 2.89. The van der Waals surface area contributed by atoms with Crippen molar-refractivity contribution in [3.05, 3.63) is 91.0 Å². The molecule has 2 nitrogen and oxygen atoms in total. The van der Waals surface area contributed by atoms with Crippen LogP contribution in [-0.2, 0) is 4.57 Å². The molecule has 8 heteroatoms. The van der Waals surface area contributed by atoms with Crippen molar-refractivity contribution in [2.45, 2.75) is 0 Å². The second kappa shape index (κ2) is 8.22. The van der Waals surface area contributed by atoms with E-state index in [-0.39, 0.29) is 0 Å². The highest BCUT2D eigenvalue weighted by Gasteiger charge is 2.42. The molecule has 1 aromatic heterocycles. The monoisotopic (exact) mass is 501 g/mol. The number of hydrogen-bond donors (Lipinski definition) is 0. The predicted molar refractivity (Wildman–Crippen MR) is 180 cm³/mol. The fourth-order valence-corrected chi connectivity index (χ4v) is 9.93. The van der Waals surface area contributed by atoms with Crippen LogP contribution in [0.5, 0.6) is 0 Å². The summed E-state index contributed by atoms with van der Waals surface area (Å²) in [6.45, 7) is 0. The van der Waals surface area contributed by atoms with Crippen molar-refractivity contribution in [2.24, 2.45) is 0 Å². The molecule has 0 radical (unpaired) electrons. The summed E-state index contributed by atoms with van der Waals surface area (Å²) in [6.07, 6.45) is 0. The first-order valence-corrected chi connectivity index (χ1v) is 15.0. The Kier molecular flexibility index (Phi) is 5.10. The zero-order chi connectivity index (χ0) is 26.3. The van der Waals surface area contributed by atoms with Gasteiger partial charge in [-0.3, -0.25) is 0 Å². The lowest BCUT2D eigenvalue weighted by molar-refractivity contribution is 0.593. The largest absolute Gasteiger partial charge is 0.310 e. The quantitative estimate of drug-likeness (QED) is 0.193. The SMILES string of the molecule is Bc1c(B)c(B)c(-n2c3ccccc3c3c4c(ccc32)-c2ccccc2P4(=O)c2ccccc2)c(B)c1B. The summed E-state index contributed by atoms with van der Waals surface area (Å²) in [7, 11) is 8.06.